The molecule has 5 nitrogen and oxygen atoms in total. The van der Waals surface area contributed by atoms with Gasteiger partial charge in [0.15, 0.2) is 17.5 Å². The summed E-state index contributed by atoms with van der Waals surface area (Å²) in [5.74, 6) is 1.74. The molecular formula is C51H29N3O2S. The van der Waals surface area contributed by atoms with Crippen molar-refractivity contribution in [3.63, 3.8) is 0 Å². The molecule has 0 amide bonds. The third-order valence-electron chi connectivity index (χ3n) is 11.0. The van der Waals surface area contributed by atoms with E-state index in [-0.39, 0.29) is 0 Å². The van der Waals surface area contributed by atoms with E-state index < -0.39 is 0 Å². The van der Waals surface area contributed by atoms with Gasteiger partial charge in [0, 0.05) is 64.0 Å². The van der Waals surface area contributed by atoms with Crippen molar-refractivity contribution in [3.8, 4) is 56.4 Å². The number of fused-ring (bicyclic) bond motifs is 9. The number of nitrogens with zero attached hydrogens (tertiary/aromatic N) is 3. The molecule has 266 valence electrons. The third-order valence-corrected chi connectivity index (χ3v) is 12.2. The average Bonchev–Trinajstić information content (AvgIpc) is 3.97. The van der Waals surface area contributed by atoms with E-state index in [2.05, 4.69) is 115 Å². The molecule has 0 saturated heterocycles. The number of benzene rings is 8. The highest BCUT2D eigenvalue weighted by Gasteiger charge is 2.21. The highest BCUT2D eigenvalue weighted by molar-refractivity contribution is 7.26. The van der Waals surface area contributed by atoms with Crippen molar-refractivity contribution in [1.29, 1.82) is 0 Å². The second kappa shape index (κ2) is 12.6. The normalized spacial score (nSPS) is 11.9. The highest BCUT2D eigenvalue weighted by atomic mass is 32.1. The quantitative estimate of drug-likeness (QED) is 0.175. The molecule has 4 heterocycles. The van der Waals surface area contributed by atoms with Crippen LogP contribution in [-0.4, -0.2) is 15.0 Å². The minimum absolute atomic E-state index is 0.563. The second-order valence-corrected chi connectivity index (χ2v) is 15.3. The maximum atomic E-state index is 6.68. The van der Waals surface area contributed by atoms with Gasteiger partial charge in [0.25, 0.3) is 0 Å². The molecule has 0 saturated carbocycles. The van der Waals surface area contributed by atoms with E-state index in [1.807, 2.05) is 72.0 Å². The Morgan fingerprint density at radius 2 is 0.877 bits per heavy atom. The first-order valence-electron chi connectivity index (χ1n) is 18.9. The van der Waals surface area contributed by atoms with Gasteiger partial charge in [0.1, 0.15) is 22.3 Å². The lowest BCUT2D eigenvalue weighted by atomic mass is 9.91. The molecule has 12 rings (SSSR count). The summed E-state index contributed by atoms with van der Waals surface area (Å²) in [6.07, 6.45) is 0. The van der Waals surface area contributed by atoms with Crippen molar-refractivity contribution in [3.05, 3.63) is 176 Å². The monoisotopic (exact) mass is 747 g/mol. The molecule has 0 aliphatic heterocycles. The number of thiophene rings is 1. The summed E-state index contributed by atoms with van der Waals surface area (Å²) in [6, 6.07) is 60.9. The van der Waals surface area contributed by atoms with Gasteiger partial charge < -0.3 is 8.83 Å². The zero-order valence-corrected chi connectivity index (χ0v) is 31.1. The number of furan rings is 2. The Balaban J connectivity index is 1.03. The van der Waals surface area contributed by atoms with Gasteiger partial charge in [-0.2, -0.15) is 0 Å². The fourth-order valence-corrected chi connectivity index (χ4v) is 9.63. The number of para-hydroxylation sites is 1. The molecule has 0 N–H and O–H groups in total. The Labute approximate surface area is 330 Å². The molecular weight excluding hydrogens is 719 g/mol. The van der Waals surface area contributed by atoms with Crippen molar-refractivity contribution < 1.29 is 8.83 Å². The van der Waals surface area contributed by atoms with Gasteiger partial charge in [-0.3, -0.25) is 0 Å². The lowest BCUT2D eigenvalue weighted by Gasteiger charge is -2.12. The summed E-state index contributed by atoms with van der Waals surface area (Å²) in [7, 11) is 0. The van der Waals surface area contributed by atoms with Gasteiger partial charge in [-0.05, 0) is 53.1 Å². The van der Waals surface area contributed by atoms with Crippen molar-refractivity contribution >= 4 is 75.4 Å². The van der Waals surface area contributed by atoms with Gasteiger partial charge in [-0.25, -0.2) is 15.0 Å². The third kappa shape index (κ3) is 5.04. The predicted octanol–water partition coefficient (Wildman–Crippen LogP) is 14.4. The van der Waals surface area contributed by atoms with Crippen molar-refractivity contribution in [2.45, 2.75) is 0 Å². The molecule has 0 unspecified atom stereocenters. The van der Waals surface area contributed by atoms with Crippen LogP contribution in [0, 0.1) is 0 Å². The van der Waals surface area contributed by atoms with Gasteiger partial charge in [-0.15, -0.1) is 11.3 Å². The van der Waals surface area contributed by atoms with Crippen LogP contribution < -0.4 is 0 Å². The van der Waals surface area contributed by atoms with E-state index in [0.717, 1.165) is 71.7 Å². The Hall–Kier alpha value is -7.41. The van der Waals surface area contributed by atoms with Gasteiger partial charge in [0.05, 0.1) is 0 Å². The zero-order valence-electron chi connectivity index (χ0n) is 30.3. The van der Waals surface area contributed by atoms with E-state index in [9.17, 15) is 0 Å². The van der Waals surface area contributed by atoms with E-state index >= 15 is 0 Å². The first-order chi connectivity index (χ1) is 28.2. The number of rotatable bonds is 5. The Morgan fingerprint density at radius 1 is 0.333 bits per heavy atom. The van der Waals surface area contributed by atoms with Crippen molar-refractivity contribution in [2.24, 2.45) is 0 Å². The smallest absolute Gasteiger partial charge is 0.164 e. The number of aromatic nitrogens is 3. The van der Waals surface area contributed by atoms with Crippen LogP contribution in [0.5, 0.6) is 0 Å². The molecule has 12 aromatic rings. The summed E-state index contributed by atoms with van der Waals surface area (Å²) in [6.45, 7) is 0. The first-order valence-corrected chi connectivity index (χ1v) is 19.7. The minimum atomic E-state index is 0.563. The highest BCUT2D eigenvalue weighted by Crippen LogP contribution is 2.45. The molecule has 6 heteroatoms. The summed E-state index contributed by atoms with van der Waals surface area (Å²) >= 11 is 1.86. The average molecular weight is 748 g/mol. The van der Waals surface area contributed by atoms with Crippen LogP contribution >= 0.6 is 11.3 Å². The summed E-state index contributed by atoms with van der Waals surface area (Å²) < 4.78 is 15.5. The van der Waals surface area contributed by atoms with Crippen molar-refractivity contribution in [2.75, 3.05) is 0 Å². The molecule has 57 heavy (non-hydrogen) atoms. The second-order valence-electron chi connectivity index (χ2n) is 14.3. The molecule has 0 fully saturated rings. The van der Waals surface area contributed by atoms with Crippen LogP contribution in [0.1, 0.15) is 0 Å². The molecule has 0 atom stereocenters. The molecule has 0 spiro atoms. The van der Waals surface area contributed by atoms with Crippen LogP contribution in [0.25, 0.3) is 120 Å². The SMILES string of the molecule is c1ccc(-c2nc(-c3ccc4c(c3)oc3cccc(-c5ccccc5-c5cccc6c5sc5ccccc56)c34)nc(-c3cccc4oc5ccccc5c34)n2)cc1. The van der Waals surface area contributed by atoms with E-state index in [1.165, 1.54) is 31.3 Å². The van der Waals surface area contributed by atoms with Crippen LogP contribution in [0.2, 0.25) is 0 Å². The number of hydrogen-bond acceptors (Lipinski definition) is 6. The van der Waals surface area contributed by atoms with E-state index in [1.54, 1.807) is 0 Å². The van der Waals surface area contributed by atoms with Gasteiger partial charge in [-0.1, -0.05) is 140 Å². The van der Waals surface area contributed by atoms with Crippen molar-refractivity contribution in [1.82, 2.24) is 15.0 Å². The van der Waals surface area contributed by atoms with Crippen LogP contribution in [0.4, 0.5) is 0 Å². The Kier molecular flexibility index (Phi) is 7.03. The maximum absolute atomic E-state index is 6.68. The molecule has 4 aromatic heterocycles. The maximum Gasteiger partial charge on any atom is 0.164 e. The lowest BCUT2D eigenvalue weighted by Crippen LogP contribution is -2.00. The first kappa shape index (κ1) is 31.9. The standard InChI is InChI=1S/C51H29N3O2S/c1-2-13-30(14-3-1)49-52-50(54-51(53-49)40-22-12-25-43-47(40)38-18-6-8-23-41(38)55-43)31-27-28-39-44(29-31)56-42-24-11-19-35(46(39)42)32-15-4-5-16-33(32)36-20-10-21-37-34-17-7-9-26-45(34)57-48(36)37/h1-29H. The fourth-order valence-electron chi connectivity index (χ4n) is 8.40. The van der Waals surface area contributed by atoms with E-state index in [0.29, 0.717) is 17.5 Å². The Morgan fingerprint density at radius 3 is 1.72 bits per heavy atom. The number of hydrogen-bond donors (Lipinski definition) is 0. The Bertz CT molecular complexity index is 3540. The summed E-state index contributed by atoms with van der Waals surface area (Å²) in [4.78, 5) is 15.3. The molecule has 0 aliphatic rings. The van der Waals surface area contributed by atoms with Crippen LogP contribution in [0.15, 0.2) is 185 Å². The molecule has 8 aromatic carbocycles. The summed E-state index contributed by atoms with van der Waals surface area (Å²) in [5, 5.41) is 6.69. The predicted molar refractivity (Wildman–Crippen MR) is 234 cm³/mol. The van der Waals surface area contributed by atoms with Gasteiger partial charge in [0.2, 0.25) is 0 Å². The molecule has 0 radical (unpaired) electrons. The largest absolute Gasteiger partial charge is 0.456 e. The van der Waals surface area contributed by atoms with E-state index in [4.69, 9.17) is 23.8 Å². The zero-order chi connectivity index (χ0) is 37.5. The molecule has 0 aliphatic carbocycles. The summed E-state index contributed by atoms with van der Waals surface area (Å²) in [5.41, 5.74) is 10.6. The minimum Gasteiger partial charge on any atom is -0.456 e. The topological polar surface area (TPSA) is 65.0 Å². The van der Waals surface area contributed by atoms with Crippen LogP contribution in [-0.2, 0) is 0 Å². The molecule has 0 bridgehead atoms. The fraction of sp³-hybridized carbons (Fsp3) is 0. The van der Waals surface area contributed by atoms with Crippen LogP contribution in [0.3, 0.4) is 0 Å². The lowest BCUT2D eigenvalue weighted by molar-refractivity contribution is 0.668. The van der Waals surface area contributed by atoms with Gasteiger partial charge >= 0.3 is 0 Å².